The van der Waals surface area contributed by atoms with Crippen molar-refractivity contribution in [3.63, 3.8) is 0 Å². The van der Waals surface area contributed by atoms with Crippen molar-refractivity contribution in [1.29, 1.82) is 0 Å². The van der Waals surface area contributed by atoms with Crippen LogP contribution in [0.1, 0.15) is 24.8 Å². The highest BCUT2D eigenvalue weighted by molar-refractivity contribution is 7.89. The summed E-state index contributed by atoms with van der Waals surface area (Å²) in [5, 5.41) is 2.94. The first-order valence-corrected chi connectivity index (χ1v) is 11.3. The van der Waals surface area contributed by atoms with Crippen molar-refractivity contribution < 1.29 is 22.0 Å². The predicted octanol–water partition coefficient (Wildman–Crippen LogP) is 2.41. The van der Waals surface area contributed by atoms with Crippen molar-refractivity contribution in [3.05, 3.63) is 65.7 Å². The van der Waals surface area contributed by atoms with Crippen molar-refractivity contribution in [3.8, 4) is 0 Å². The largest absolute Gasteiger partial charge is 0.353 e. The molecule has 1 aliphatic heterocycles. The van der Waals surface area contributed by atoms with Gasteiger partial charge in [-0.2, -0.15) is 0 Å². The molecule has 1 saturated heterocycles. The molecule has 0 spiro atoms. The second-order valence-electron chi connectivity index (χ2n) is 7.35. The van der Waals surface area contributed by atoms with Crippen LogP contribution < -0.4 is 10.0 Å². The van der Waals surface area contributed by atoms with E-state index in [1.54, 1.807) is 12.1 Å². The molecule has 0 unspecified atom stereocenters. The van der Waals surface area contributed by atoms with Gasteiger partial charge in [0.1, 0.15) is 11.6 Å². The molecule has 3 rings (SSSR count). The molecular formula is C21H25F2N3O3S. The van der Waals surface area contributed by atoms with E-state index in [4.69, 9.17) is 0 Å². The molecule has 0 aromatic heterocycles. The highest BCUT2D eigenvalue weighted by atomic mass is 32.2. The van der Waals surface area contributed by atoms with Crippen molar-refractivity contribution in [2.75, 3.05) is 19.6 Å². The maximum Gasteiger partial charge on any atom is 0.240 e. The Kier molecular flexibility index (Phi) is 7.52. The molecule has 1 amide bonds. The van der Waals surface area contributed by atoms with Gasteiger partial charge in [-0.25, -0.2) is 21.9 Å². The van der Waals surface area contributed by atoms with Gasteiger partial charge in [0.25, 0.3) is 0 Å². The summed E-state index contributed by atoms with van der Waals surface area (Å²) in [6, 6.07) is 11.0. The number of nitrogens with one attached hydrogen (secondary N) is 2. The number of sulfonamides is 1. The number of rotatable bonds is 8. The minimum Gasteiger partial charge on any atom is -0.353 e. The molecule has 2 aromatic carbocycles. The van der Waals surface area contributed by atoms with Gasteiger partial charge in [-0.15, -0.1) is 0 Å². The third-order valence-corrected chi connectivity index (χ3v) is 6.52. The zero-order valence-electron chi connectivity index (χ0n) is 16.5. The van der Waals surface area contributed by atoms with Gasteiger partial charge in [0.2, 0.25) is 15.9 Å². The lowest BCUT2D eigenvalue weighted by Gasteiger charge is -2.32. The molecular weight excluding hydrogens is 412 g/mol. The van der Waals surface area contributed by atoms with E-state index in [-0.39, 0.29) is 35.6 Å². The van der Waals surface area contributed by atoms with Gasteiger partial charge in [-0.1, -0.05) is 12.1 Å². The summed E-state index contributed by atoms with van der Waals surface area (Å²) in [6.45, 7) is 2.35. The SMILES string of the molecule is O=C(CCNS(=O)(=O)c1ccc(F)cc1)NC1CCN(Cc2ccc(F)cc2)CC1. The number of carbonyl (C=O) groups excluding carboxylic acids is 1. The van der Waals surface area contributed by atoms with Crippen LogP contribution in [0.25, 0.3) is 0 Å². The lowest BCUT2D eigenvalue weighted by molar-refractivity contribution is -0.121. The summed E-state index contributed by atoms with van der Waals surface area (Å²) in [5.74, 6) is -0.981. The zero-order chi connectivity index (χ0) is 21.6. The second-order valence-corrected chi connectivity index (χ2v) is 9.11. The van der Waals surface area contributed by atoms with E-state index in [1.165, 1.54) is 24.3 Å². The monoisotopic (exact) mass is 437 g/mol. The smallest absolute Gasteiger partial charge is 0.240 e. The number of carbonyl (C=O) groups is 1. The van der Waals surface area contributed by atoms with Crippen LogP contribution in [0.3, 0.4) is 0 Å². The lowest BCUT2D eigenvalue weighted by atomic mass is 10.0. The number of amides is 1. The molecule has 0 atom stereocenters. The Morgan fingerprint density at radius 1 is 0.967 bits per heavy atom. The molecule has 0 saturated carbocycles. The minimum atomic E-state index is -3.77. The standard InChI is InChI=1S/C21H25F2N3O3S/c22-17-3-1-16(2-4-17)15-26-13-10-19(11-14-26)25-21(27)9-12-24-30(28,29)20-7-5-18(23)6-8-20/h1-8,19,24H,9-15H2,(H,25,27). The van der Waals surface area contributed by atoms with Gasteiger partial charge in [-0.05, 0) is 54.8 Å². The maximum absolute atomic E-state index is 13.0. The summed E-state index contributed by atoms with van der Waals surface area (Å²) in [5.41, 5.74) is 1.05. The van der Waals surface area contributed by atoms with Gasteiger partial charge in [0.15, 0.2) is 0 Å². The Morgan fingerprint density at radius 2 is 1.53 bits per heavy atom. The average Bonchev–Trinajstić information content (AvgIpc) is 2.71. The molecule has 2 aromatic rings. The molecule has 1 aliphatic rings. The van der Waals surface area contributed by atoms with Crippen LogP contribution in [0.5, 0.6) is 0 Å². The van der Waals surface area contributed by atoms with Crippen molar-refractivity contribution in [2.45, 2.75) is 36.7 Å². The van der Waals surface area contributed by atoms with Crippen molar-refractivity contribution in [2.24, 2.45) is 0 Å². The third-order valence-electron chi connectivity index (χ3n) is 5.04. The molecule has 1 fully saturated rings. The normalized spacial score (nSPS) is 15.8. The molecule has 0 bridgehead atoms. The molecule has 0 radical (unpaired) electrons. The quantitative estimate of drug-likeness (QED) is 0.665. The minimum absolute atomic E-state index is 0.0240. The van der Waals surface area contributed by atoms with Gasteiger partial charge in [0.05, 0.1) is 4.90 Å². The van der Waals surface area contributed by atoms with Crippen molar-refractivity contribution >= 4 is 15.9 Å². The van der Waals surface area contributed by atoms with E-state index in [2.05, 4.69) is 14.9 Å². The van der Waals surface area contributed by atoms with Crippen LogP contribution in [0, 0.1) is 11.6 Å². The average molecular weight is 438 g/mol. The molecule has 30 heavy (non-hydrogen) atoms. The maximum atomic E-state index is 13.0. The van der Waals surface area contributed by atoms with Gasteiger partial charge < -0.3 is 5.32 Å². The number of nitrogens with zero attached hydrogens (tertiary/aromatic N) is 1. The van der Waals surface area contributed by atoms with Crippen LogP contribution >= 0.6 is 0 Å². The van der Waals surface area contributed by atoms with E-state index in [9.17, 15) is 22.0 Å². The molecule has 162 valence electrons. The second kappa shape index (κ2) is 10.1. The van der Waals surface area contributed by atoms with E-state index < -0.39 is 15.8 Å². The molecule has 9 heteroatoms. The van der Waals surface area contributed by atoms with Gasteiger partial charge >= 0.3 is 0 Å². The number of hydrogen-bond donors (Lipinski definition) is 2. The molecule has 6 nitrogen and oxygen atoms in total. The first kappa shape index (κ1) is 22.3. The van der Waals surface area contributed by atoms with Crippen LogP contribution in [0.15, 0.2) is 53.4 Å². The zero-order valence-corrected chi connectivity index (χ0v) is 17.3. The Bertz CT molecular complexity index is 942. The number of piperidine rings is 1. The first-order chi connectivity index (χ1) is 14.3. The predicted molar refractivity (Wildman–Crippen MR) is 109 cm³/mol. The van der Waals surface area contributed by atoms with Gasteiger partial charge in [-0.3, -0.25) is 9.69 Å². The van der Waals surface area contributed by atoms with E-state index in [1.807, 2.05) is 0 Å². The number of likely N-dealkylation sites (tertiary alicyclic amines) is 1. The van der Waals surface area contributed by atoms with Crippen LogP contribution in [0.4, 0.5) is 8.78 Å². The van der Waals surface area contributed by atoms with Gasteiger partial charge in [0, 0.05) is 38.6 Å². The number of benzene rings is 2. The third kappa shape index (κ3) is 6.58. The fourth-order valence-electron chi connectivity index (χ4n) is 3.38. The highest BCUT2D eigenvalue weighted by Crippen LogP contribution is 2.15. The van der Waals surface area contributed by atoms with E-state index in [0.29, 0.717) is 0 Å². The summed E-state index contributed by atoms with van der Waals surface area (Å²) in [4.78, 5) is 14.4. The fraction of sp³-hybridized carbons (Fsp3) is 0.381. The Morgan fingerprint density at radius 3 is 2.13 bits per heavy atom. The molecule has 1 heterocycles. The summed E-state index contributed by atoms with van der Waals surface area (Å²) in [6.07, 6.45) is 1.62. The topological polar surface area (TPSA) is 78.5 Å². The van der Waals surface area contributed by atoms with Crippen LogP contribution in [-0.2, 0) is 21.4 Å². The molecule has 0 aliphatic carbocycles. The lowest BCUT2D eigenvalue weighted by Crippen LogP contribution is -2.45. The number of hydrogen-bond acceptors (Lipinski definition) is 4. The van der Waals surface area contributed by atoms with Crippen LogP contribution in [0.2, 0.25) is 0 Å². The highest BCUT2D eigenvalue weighted by Gasteiger charge is 2.21. The van der Waals surface area contributed by atoms with Crippen molar-refractivity contribution in [1.82, 2.24) is 14.9 Å². The number of halogens is 2. The Labute approximate surface area is 175 Å². The molecule has 2 N–H and O–H groups in total. The first-order valence-electron chi connectivity index (χ1n) is 9.83. The Hall–Kier alpha value is -2.36. The van der Waals surface area contributed by atoms with E-state index in [0.717, 1.165) is 50.2 Å². The van der Waals surface area contributed by atoms with Crippen LogP contribution in [-0.4, -0.2) is 44.9 Å². The fourth-order valence-corrected chi connectivity index (χ4v) is 4.41. The summed E-state index contributed by atoms with van der Waals surface area (Å²) >= 11 is 0. The van der Waals surface area contributed by atoms with E-state index >= 15 is 0 Å². The summed E-state index contributed by atoms with van der Waals surface area (Å²) < 4.78 is 52.5. The summed E-state index contributed by atoms with van der Waals surface area (Å²) in [7, 11) is -3.77. The Balaban J connectivity index is 1.36.